The van der Waals surface area contributed by atoms with Crippen molar-refractivity contribution in [2.45, 2.75) is 39.3 Å². The number of amides is 1. The van der Waals surface area contributed by atoms with Gasteiger partial charge in [-0.25, -0.2) is 4.98 Å². The van der Waals surface area contributed by atoms with E-state index in [9.17, 15) is 4.79 Å². The van der Waals surface area contributed by atoms with Gasteiger partial charge in [-0.05, 0) is 51.5 Å². The minimum atomic E-state index is -0.382. The van der Waals surface area contributed by atoms with Gasteiger partial charge in [0, 0.05) is 6.04 Å². The van der Waals surface area contributed by atoms with Crippen LogP contribution in [0.2, 0.25) is 0 Å². The van der Waals surface area contributed by atoms with Crippen molar-refractivity contribution in [3.63, 3.8) is 0 Å². The Bertz CT molecular complexity index is 1020. The molecule has 0 radical (unpaired) electrons. The molecule has 3 aromatic rings. The highest BCUT2D eigenvalue weighted by Gasteiger charge is 2.36. The molecule has 2 N–H and O–H groups in total. The SMILES string of the molecule is CC(C)n1cnnc1-c1cccc(Nc2cccc3c2C(=O)NC3(C)C)n1. The topological polar surface area (TPSA) is 84.7 Å². The second-order valence-corrected chi connectivity index (χ2v) is 7.50. The normalized spacial score (nSPS) is 14.9. The van der Waals surface area contributed by atoms with Crippen LogP contribution in [0.25, 0.3) is 11.5 Å². The van der Waals surface area contributed by atoms with Gasteiger partial charge in [0.15, 0.2) is 5.82 Å². The highest BCUT2D eigenvalue weighted by atomic mass is 16.2. The van der Waals surface area contributed by atoms with Gasteiger partial charge in [-0.3, -0.25) is 4.79 Å². The zero-order chi connectivity index (χ0) is 19.2. The third kappa shape index (κ3) is 2.95. The van der Waals surface area contributed by atoms with Gasteiger partial charge in [0.05, 0.1) is 16.8 Å². The van der Waals surface area contributed by atoms with Gasteiger partial charge in [-0.1, -0.05) is 18.2 Å². The average molecular weight is 362 g/mol. The molecule has 0 saturated heterocycles. The summed E-state index contributed by atoms with van der Waals surface area (Å²) in [6.45, 7) is 8.14. The van der Waals surface area contributed by atoms with E-state index in [0.717, 1.165) is 16.9 Å². The summed E-state index contributed by atoms with van der Waals surface area (Å²) in [7, 11) is 0. The van der Waals surface area contributed by atoms with E-state index in [4.69, 9.17) is 0 Å². The van der Waals surface area contributed by atoms with Crippen molar-refractivity contribution < 1.29 is 4.79 Å². The number of aromatic nitrogens is 4. The molecule has 0 aliphatic carbocycles. The fraction of sp³-hybridized carbons (Fsp3) is 0.300. The number of nitrogens with one attached hydrogen (secondary N) is 2. The number of fused-ring (bicyclic) bond motifs is 1. The summed E-state index contributed by atoms with van der Waals surface area (Å²) in [6, 6.07) is 11.7. The molecule has 1 aromatic carbocycles. The highest BCUT2D eigenvalue weighted by Crippen LogP contribution is 2.35. The summed E-state index contributed by atoms with van der Waals surface area (Å²) in [4.78, 5) is 17.1. The number of carbonyl (C=O) groups excluding carboxylic acids is 1. The van der Waals surface area contributed by atoms with Crippen LogP contribution < -0.4 is 10.6 Å². The summed E-state index contributed by atoms with van der Waals surface area (Å²) in [5.41, 5.74) is 2.73. The van der Waals surface area contributed by atoms with Gasteiger partial charge < -0.3 is 15.2 Å². The first-order chi connectivity index (χ1) is 12.9. The fourth-order valence-corrected chi connectivity index (χ4v) is 3.41. The van der Waals surface area contributed by atoms with Gasteiger partial charge >= 0.3 is 0 Å². The summed E-state index contributed by atoms with van der Waals surface area (Å²) in [5.74, 6) is 1.29. The number of hydrogen-bond acceptors (Lipinski definition) is 5. The molecule has 7 heteroatoms. The number of hydrogen-bond donors (Lipinski definition) is 2. The molecule has 0 fully saturated rings. The van der Waals surface area contributed by atoms with E-state index in [1.54, 1.807) is 6.33 Å². The highest BCUT2D eigenvalue weighted by molar-refractivity contribution is 6.05. The van der Waals surface area contributed by atoms with E-state index in [-0.39, 0.29) is 17.5 Å². The molecule has 138 valence electrons. The van der Waals surface area contributed by atoms with Crippen molar-refractivity contribution in [3.05, 3.63) is 53.9 Å². The van der Waals surface area contributed by atoms with E-state index in [1.165, 1.54) is 0 Å². The van der Waals surface area contributed by atoms with Gasteiger partial charge in [0.25, 0.3) is 5.91 Å². The van der Waals surface area contributed by atoms with Gasteiger partial charge in [0.1, 0.15) is 17.8 Å². The number of anilines is 2. The quantitative estimate of drug-likeness (QED) is 0.740. The first kappa shape index (κ1) is 17.2. The third-order valence-corrected chi connectivity index (χ3v) is 4.76. The van der Waals surface area contributed by atoms with Gasteiger partial charge in [-0.15, -0.1) is 10.2 Å². The Hall–Kier alpha value is -3.22. The second kappa shape index (κ2) is 6.19. The molecule has 7 nitrogen and oxygen atoms in total. The standard InChI is InChI=1S/C20H22N6O/c1-12(2)26-11-21-25-18(26)15-9-6-10-16(23-15)22-14-8-5-7-13-17(14)19(27)24-20(13,3)4/h5-12H,1-4H3,(H,22,23)(H,24,27). The number of pyridine rings is 1. The Morgan fingerprint density at radius 2 is 1.93 bits per heavy atom. The molecular weight excluding hydrogens is 340 g/mol. The molecule has 1 aliphatic rings. The smallest absolute Gasteiger partial charge is 0.254 e. The fourth-order valence-electron chi connectivity index (χ4n) is 3.41. The first-order valence-corrected chi connectivity index (χ1v) is 8.97. The van der Waals surface area contributed by atoms with Crippen LogP contribution in [-0.2, 0) is 5.54 Å². The largest absolute Gasteiger partial charge is 0.343 e. The first-order valence-electron chi connectivity index (χ1n) is 8.97. The summed E-state index contributed by atoms with van der Waals surface area (Å²) in [5, 5.41) is 14.5. The maximum Gasteiger partial charge on any atom is 0.254 e. The van der Waals surface area contributed by atoms with E-state index >= 15 is 0 Å². The lowest BCUT2D eigenvalue weighted by atomic mass is 9.94. The summed E-state index contributed by atoms with van der Waals surface area (Å²) < 4.78 is 1.97. The summed E-state index contributed by atoms with van der Waals surface area (Å²) in [6.07, 6.45) is 1.71. The van der Waals surface area contributed by atoms with Crippen molar-refractivity contribution >= 4 is 17.4 Å². The average Bonchev–Trinajstić information content (AvgIpc) is 3.19. The number of benzene rings is 1. The molecule has 0 unspecified atom stereocenters. The maximum absolute atomic E-state index is 12.5. The second-order valence-electron chi connectivity index (χ2n) is 7.50. The van der Waals surface area contributed by atoms with Crippen molar-refractivity contribution in [2.24, 2.45) is 0 Å². The van der Waals surface area contributed by atoms with Crippen molar-refractivity contribution in [2.75, 3.05) is 5.32 Å². The maximum atomic E-state index is 12.5. The van der Waals surface area contributed by atoms with Gasteiger partial charge in [0.2, 0.25) is 0 Å². The van der Waals surface area contributed by atoms with Crippen molar-refractivity contribution in [1.29, 1.82) is 0 Å². The molecule has 1 amide bonds. The lowest BCUT2D eigenvalue weighted by Crippen LogP contribution is -2.32. The number of carbonyl (C=O) groups is 1. The molecule has 1 aliphatic heterocycles. The van der Waals surface area contributed by atoms with Crippen LogP contribution in [0.5, 0.6) is 0 Å². The summed E-state index contributed by atoms with van der Waals surface area (Å²) >= 11 is 0. The van der Waals surface area contributed by atoms with Crippen LogP contribution >= 0.6 is 0 Å². The van der Waals surface area contributed by atoms with Crippen LogP contribution in [0, 0.1) is 0 Å². The lowest BCUT2D eigenvalue weighted by Gasteiger charge is -2.19. The van der Waals surface area contributed by atoms with E-state index in [1.807, 2.05) is 54.8 Å². The van der Waals surface area contributed by atoms with Crippen LogP contribution in [0.15, 0.2) is 42.7 Å². The Balaban J connectivity index is 1.71. The van der Waals surface area contributed by atoms with Crippen LogP contribution in [0.3, 0.4) is 0 Å². The van der Waals surface area contributed by atoms with Gasteiger partial charge in [-0.2, -0.15) is 0 Å². The molecule has 0 atom stereocenters. The van der Waals surface area contributed by atoms with Crippen LogP contribution in [-0.4, -0.2) is 25.7 Å². The van der Waals surface area contributed by atoms with E-state index < -0.39 is 0 Å². The van der Waals surface area contributed by atoms with Crippen LogP contribution in [0.4, 0.5) is 11.5 Å². The Morgan fingerprint density at radius 1 is 1.15 bits per heavy atom. The molecule has 2 aromatic heterocycles. The third-order valence-electron chi connectivity index (χ3n) is 4.76. The van der Waals surface area contributed by atoms with E-state index in [2.05, 4.69) is 39.7 Å². The van der Waals surface area contributed by atoms with Crippen molar-refractivity contribution in [3.8, 4) is 11.5 Å². The minimum absolute atomic E-state index is 0.0752. The Labute approximate surface area is 157 Å². The molecule has 0 saturated carbocycles. The number of nitrogens with zero attached hydrogens (tertiary/aromatic N) is 4. The Kier molecular flexibility index (Phi) is 3.95. The molecule has 27 heavy (non-hydrogen) atoms. The molecule has 4 rings (SSSR count). The monoisotopic (exact) mass is 362 g/mol. The van der Waals surface area contributed by atoms with Crippen molar-refractivity contribution in [1.82, 2.24) is 25.1 Å². The van der Waals surface area contributed by atoms with E-state index in [0.29, 0.717) is 17.2 Å². The lowest BCUT2D eigenvalue weighted by molar-refractivity contribution is 0.0941. The van der Waals surface area contributed by atoms with Crippen LogP contribution in [0.1, 0.15) is 49.7 Å². The zero-order valence-electron chi connectivity index (χ0n) is 15.8. The molecular formula is C20H22N6O. The molecule has 0 bridgehead atoms. The zero-order valence-corrected chi connectivity index (χ0v) is 15.8. The number of rotatable bonds is 4. The molecule has 0 spiro atoms. The minimum Gasteiger partial charge on any atom is -0.343 e. The predicted octanol–water partition coefficient (Wildman–Crippen LogP) is 3.64. The Morgan fingerprint density at radius 3 is 2.70 bits per heavy atom. The predicted molar refractivity (Wildman–Crippen MR) is 104 cm³/mol. The molecule has 3 heterocycles.